The molecule has 1 amide bonds. The number of benzene rings is 1. The largest absolute Gasteiger partial charge is 0.454 e. The topological polar surface area (TPSA) is 87.7 Å². The lowest BCUT2D eigenvalue weighted by atomic mass is 10.0. The fourth-order valence-corrected chi connectivity index (χ4v) is 5.63. The lowest BCUT2D eigenvalue weighted by Gasteiger charge is -2.27. The van der Waals surface area contributed by atoms with Crippen molar-refractivity contribution >= 4 is 18.0 Å². The highest BCUT2D eigenvalue weighted by Crippen LogP contribution is 2.37. The Bertz CT molecular complexity index is 822. The first kappa shape index (κ1) is 23.0. The lowest BCUT2D eigenvalue weighted by molar-refractivity contribution is -0.127. The van der Waals surface area contributed by atoms with E-state index in [1.807, 2.05) is 22.7 Å². The highest BCUT2D eigenvalue weighted by Gasteiger charge is 2.43. The molecule has 182 valence electrons. The Kier molecular flexibility index (Phi) is 7.46. The Labute approximate surface area is 198 Å². The van der Waals surface area contributed by atoms with Crippen LogP contribution in [0.5, 0.6) is 11.5 Å². The molecule has 1 aliphatic carbocycles. The molecule has 33 heavy (non-hydrogen) atoms. The van der Waals surface area contributed by atoms with Crippen molar-refractivity contribution in [2.75, 3.05) is 33.1 Å². The van der Waals surface area contributed by atoms with Crippen LogP contribution in [-0.2, 0) is 19.0 Å². The maximum Gasteiger partial charge on any atom is 0.407 e. The van der Waals surface area contributed by atoms with E-state index in [1.54, 1.807) is 11.9 Å². The van der Waals surface area contributed by atoms with E-state index in [2.05, 4.69) is 12.2 Å². The second kappa shape index (κ2) is 10.7. The minimum atomic E-state index is -0.408. The van der Waals surface area contributed by atoms with Crippen molar-refractivity contribution in [3.63, 3.8) is 0 Å². The smallest absolute Gasteiger partial charge is 0.407 e. The van der Waals surface area contributed by atoms with Gasteiger partial charge >= 0.3 is 6.09 Å². The molecule has 2 saturated heterocycles. The number of hydrogen-bond donors (Lipinski definition) is 1. The van der Waals surface area contributed by atoms with E-state index < -0.39 is 6.09 Å². The van der Waals surface area contributed by atoms with Crippen molar-refractivity contribution in [2.45, 2.75) is 62.4 Å². The summed E-state index contributed by atoms with van der Waals surface area (Å²) in [6.45, 7) is 4.54. The Morgan fingerprint density at radius 1 is 1.21 bits per heavy atom. The summed E-state index contributed by atoms with van der Waals surface area (Å²) >= 11 is 1.54. The van der Waals surface area contributed by atoms with Crippen molar-refractivity contribution in [2.24, 2.45) is 11.8 Å². The number of hydroxylamine groups is 1. The average Bonchev–Trinajstić information content (AvgIpc) is 3.58. The summed E-state index contributed by atoms with van der Waals surface area (Å²) in [5, 5.41) is 2.90. The minimum Gasteiger partial charge on any atom is -0.454 e. The van der Waals surface area contributed by atoms with Crippen LogP contribution in [0, 0.1) is 11.8 Å². The van der Waals surface area contributed by atoms with Crippen LogP contribution in [0.2, 0.25) is 0 Å². The molecule has 0 bridgehead atoms. The fraction of sp³-hybridized carbons (Fsp3) is 0.696. The molecule has 3 aliphatic heterocycles. The summed E-state index contributed by atoms with van der Waals surface area (Å²) in [5.74, 6) is 1.82. The summed E-state index contributed by atoms with van der Waals surface area (Å²) in [5.41, 5.74) is 0. The van der Waals surface area contributed by atoms with Gasteiger partial charge < -0.3 is 29.0 Å². The van der Waals surface area contributed by atoms with E-state index in [0.717, 1.165) is 35.7 Å². The number of nitrogens with one attached hydrogen (secondary N) is 1. The van der Waals surface area contributed by atoms with E-state index >= 15 is 0 Å². The van der Waals surface area contributed by atoms with Crippen LogP contribution in [0.25, 0.3) is 0 Å². The molecule has 1 N–H and O–H groups in total. The van der Waals surface area contributed by atoms with E-state index in [9.17, 15) is 4.79 Å². The molecule has 3 heterocycles. The van der Waals surface area contributed by atoms with Gasteiger partial charge in [-0.1, -0.05) is 19.8 Å². The van der Waals surface area contributed by atoms with Crippen LogP contribution < -0.4 is 14.8 Å². The zero-order valence-corrected chi connectivity index (χ0v) is 19.7. The minimum absolute atomic E-state index is 0.140. The predicted octanol–water partition coefficient (Wildman–Crippen LogP) is 3.72. The van der Waals surface area contributed by atoms with Crippen LogP contribution >= 0.6 is 11.9 Å². The summed E-state index contributed by atoms with van der Waals surface area (Å²) in [7, 11) is 0. The molecule has 10 heteroatoms. The standard InChI is InChI=1S/C23H32N2O7S/c1-15(11-24-23(26)31-21-13-28-22-18(21)8-9-27-22)12-25(32-16-4-2-3-5-16)33-17-6-7-19-20(10-17)30-14-29-19/h6-7,10,15-16,18,21-22H,2-5,8-9,11-14H2,1H3,(H,24,26)/t15?,18?,21-,22?/m0/s1. The maximum atomic E-state index is 12.4. The summed E-state index contributed by atoms with van der Waals surface area (Å²) in [4.78, 5) is 19.7. The molecule has 9 nitrogen and oxygen atoms in total. The molecule has 3 unspecified atom stereocenters. The highest BCUT2D eigenvalue weighted by atomic mass is 32.2. The third kappa shape index (κ3) is 5.86. The van der Waals surface area contributed by atoms with Crippen molar-refractivity contribution in [1.29, 1.82) is 0 Å². The van der Waals surface area contributed by atoms with Crippen LogP contribution in [0.4, 0.5) is 4.79 Å². The second-order valence-electron chi connectivity index (χ2n) is 9.09. The average molecular weight is 481 g/mol. The summed E-state index contributed by atoms with van der Waals surface area (Å²) in [6, 6.07) is 5.90. The fourth-order valence-electron chi connectivity index (χ4n) is 4.62. The molecule has 3 fully saturated rings. The Balaban J connectivity index is 1.12. The third-order valence-corrected chi connectivity index (χ3v) is 7.32. The van der Waals surface area contributed by atoms with E-state index in [-0.39, 0.29) is 37.1 Å². The number of alkyl carbamates (subject to hydrolysis) is 1. The predicted molar refractivity (Wildman–Crippen MR) is 120 cm³/mol. The Morgan fingerprint density at radius 2 is 2.06 bits per heavy atom. The van der Waals surface area contributed by atoms with Crippen LogP contribution in [0.15, 0.2) is 23.1 Å². The van der Waals surface area contributed by atoms with Gasteiger partial charge in [-0.3, -0.25) is 4.84 Å². The molecule has 1 saturated carbocycles. The van der Waals surface area contributed by atoms with E-state index in [0.29, 0.717) is 26.3 Å². The number of ether oxygens (including phenoxy) is 5. The van der Waals surface area contributed by atoms with Crippen molar-refractivity contribution < 1.29 is 33.3 Å². The number of rotatable bonds is 9. The van der Waals surface area contributed by atoms with Gasteiger partial charge in [-0.15, -0.1) is 4.47 Å². The van der Waals surface area contributed by atoms with Crippen LogP contribution in [0.3, 0.4) is 0 Å². The summed E-state index contributed by atoms with van der Waals surface area (Å²) in [6.07, 6.45) is 4.78. The number of hydrogen-bond acceptors (Lipinski definition) is 9. The van der Waals surface area contributed by atoms with Gasteiger partial charge in [0.05, 0.1) is 25.2 Å². The molecule has 0 aromatic heterocycles. The first-order chi connectivity index (χ1) is 16.1. The summed E-state index contributed by atoms with van der Waals surface area (Å²) < 4.78 is 29.5. The molecule has 4 atom stereocenters. The molecule has 0 spiro atoms. The maximum absolute atomic E-state index is 12.4. The van der Waals surface area contributed by atoms with Crippen LogP contribution in [-0.4, -0.2) is 62.2 Å². The normalized spacial score (nSPS) is 27.2. The van der Waals surface area contributed by atoms with E-state index in [4.69, 9.17) is 28.5 Å². The molecule has 0 radical (unpaired) electrons. The number of carbonyl (C=O) groups excluding carboxylic acids is 1. The lowest BCUT2D eigenvalue weighted by Crippen LogP contribution is -2.37. The van der Waals surface area contributed by atoms with Gasteiger partial charge in [0.2, 0.25) is 6.79 Å². The van der Waals surface area contributed by atoms with Crippen LogP contribution in [0.1, 0.15) is 39.0 Å². The van der Waals surface area contributed by atoms with Gasteiger partial charge in [-0.2, -0.15) is 0 Å². The first-order valence-electron chi connectivity index (χ1n) is 11.8. The molecule has 1 aromatic carbocycles. The molecular weight excluding hydrogens is 448 g/mol. The first-order valence-corrected chi connectivity index (χ1v) is 12.6. The number of carbonyl (C=O) groups is 1. The van der Waals surface area contributed by atoms with Gasteiger partial charge in [0.25, 0.3) is 0 Å². The Morgan fingerprint density at radius 3 is 2.94 bits per heavy atom. The number of nitrogens with zero attached hydrogens (tertiary/aromatic N) is 1. The number of amides is 1. The third-order valence-electron chi connectivity index (χ3n) is 6.42. The van der Waals surface area contributed by atoms with E-state index in [1.165, 1.54) is 12.8 Å². The zero-order chi connectivity index (χ0) is 22.6. The molecule has 1 aromatic rings. The number of fused-ring (bicyclic) bond motifs is 2. The van der Waals surface area contributed by atoms with Crippen molar-refractivity contribution in [3.8, 4) is 11.5 Å². The second-order valence-corrected chi connectivity index (χ2v) is 10.1. The molecule has 4 aliphatic rings. The Hall–Kier alpha value is -1.72. The monoisotopic (exact) mass is 480 g/mol. The van der Waals surface area contributed by atoms with Gasteiger partial charge in [0.1, 0.15) is 6.10 Å². The molecular formula is C23H32N2O7S. The van der Waals surface area contributed by atoms with Gasteiger partial charge in [0, 0.05) is 18.0 Å². The highest BCUT2D eigenvalue weighted by molar-refractivity contribution is 7.96. The van der Waals surface area contributed by atoms with Crippen molar-refractivity contribution in [1.82, 2.24) is 9.79 Å². The SMILES string of the molecule is CC(CNC(=O)O[C@H]1COC2OCCC21)CN(OC1CCCC1)Sc1ccc2c(c1)OCO2. The van der Waals surface area contributed by atoms with Gasteiger partial charge in [-0.05, 0) is 55.3 Å². The van der Waals surface area contributed by atoms with Gasteiger partial charge in [-0.25, -0.2) is 4.79 Å². The van der Waals surface area contributed by atoms with Gasteiger partial charge in [0.15, 0.2) is 17.8 Å². The molecule has 5 rings (SSSR count). The zero-order valence-electron chi connectivity index (χ0n) is 18.9. The quantitative estimate of drug-likeness (QED) is 0.420. The van der Waals surface area contributed by atoms with Crippen molar-refractivity contribution in [3.05, 3.63) is 18.2 Å².